The quantitative estimate of drug-likeness (QED) is 0.463. The van der Waals surface area contributed by atoms with Crippen molar-refractivity contribution in [1.82, 2.24) is 15.5 Å². The fourth-order valence-electron chi connectivity index (χ4n) is 3.80. The van der Waals surface area contributed by atoms with Crippen LogP contribution in [0.2, 0.25) is 0 Å². The normalized spacial score (nSPS) is 17.5. The molecule has 1 aliphatic heterocycles. The van der Waals surface area contributed by atoms with Crippen LogP contribution in [0.15, 0.2) is 24.3 Å². The summed E-state index contributed by atoms with van der Waals surface area (Å²) >= 11 is 0. The molecule has 2 rings (SSSR count). The molecule has 9 nitrogen and oxygen atoms in total. The molecule has 0 aromatic heterocycles. The van der Waals surface area contributed by atoms with E-state index in [1.807, 2.05) is 6.07 Å². The second kappa shape index (κ2) is 11.4. The van der Waals surface area contributed by atoms with Crippen molar-refractivity contribution >= 4 is 30.0 Å². The minimum absolute atomic E-state index is 0.339. The maximum atomic E-state index is 12.9. The summed E-state index contributed by atoms with van der Waals surface area (Å²) in [5.41, 5.74) is 1.50. The summed E-state index contributed by atoms with van der Waals surface area (Å²) in [5, 5.41) is 13.9. The molecule has 0 aliphatic carbocycles. The van der Waals surface area contributed by atoms with Gasteiger partial charge >= 0.3 is 5.97 Å². The number of hydrogen-bond donors (Lipinski definition) is 3. The third kappa shape index (κ3) is 6.90. The minimum Gasteiger partial charge on any atom is -0.481 e. The van der Waals surface area contributed by atoms with Gasteiger partial charge in [0.2, 0.25) is 11.8 Å². The highest BCUT2D eigenvalue weighted by Crippen LogP contribution is 2.19. The first-order valence-corrected chi connectivity index (χ1v) is 10.8. The van der Waals surface area contributed by atoms with Crippen LogP contribution in [0.3, 0.4) is 0 Å². The molecular formula is C23H31N3O6. The highest BCUT2D eigenvalue weighted by molar-refractivity contribution is 5.98. The molecule has 0 saturated carbocycles. The van der Waals surface area contributed by atoms with Crippen molar-refractivity contribution in [2.45, 2.75) is 64.6 Å². The van der Waals surface area contributed by atoms with Crippen molar-refractivity contribution in [3.63, 3.8) is 0 Å². The maximum absolute atomic E-state index is 12.9. The molecule has 1 aromatic carbocycles. The van der Waals surface area contributed by atoms with Gasteiger partial charge in [0.1, 0.15) is 18.4 Å². The van der Waals surface area contributed by atoms with E-state index >= 15 is 0 Å². The predicted molar refractivity (Wildman–Crippen MR) is 117 cm³/mol. The Morgan fingerprint density at radius 3 is 2.53 bits per heavy atom. The van der Waals surface area contributed by atoms with Crippen LogP contribution in [-0.2, 0) is 25.6 Å². The Morgan fingerprint density at radius 1 is 1.19 bits per heavy atom. The molecule has 3 amide bonds. The fraction of sp³-hybridized carbons (Fsp3) is 0.522. The highest BCUT2D eigenvalue weighted by atomic mass is 16.4. The predicted octanol–water partition coefficient (Wildman–Crippen LogP) is 1.15. The van der Waals surface area contributed by atoms with E-state index in [0.717, 1.165) is 12.0 Å². The van der Waals surface area contributed by atoms with Gasteiger partial charge in [-0.1, -0.05) is 26.0 Å². The molecule has 1 aromatic rings. The molecule has 3 N–H and O–H groups in total. The van der Waals surface area contributed by atoms with Gasteiger partial charge in [-0.15, -0.1) is 0 Å². The standard InChI is InChI=1S/C23H31N3O6/c1-14(2)10-16-6-4-7-17(11-16)21(30)24-15(3)23(32)26-9-5-8-19(26)22(31)25-18(13-27)12-20(28)29/h4,6-7,11,13-15,18-19H,5,8-10,12H2,1-3H3,(H,24,30)(H,25,31)(H,28,29)/t15-,18?,19-/m0/s1. The number of aldehydes is 1. The zero-order chi connectivity index (χ0) is 23.8. The van der Waals surface area contributed by atoms with Gasteiger partial charge in [-0.25, -0.2) is 0 Å². The maximum Gasteiger partial charge on any atom is 0.305 e. The molecule has 0 spiro atoms. The van der Waals surface area contributed by atoms with Crippen LogP contribution in [0.25, 0.3) is 0 Å². The average molecular weight is 446 g/mol. The van der Waals surface area contributed by atoms with Gasteiger partial charge in [-0.05, 0) is 49.8 Å². The number of benzene rings is 1. The van der Waals surface area contributed by atoms with Gasteiger partial charge in [0.15, 0.2) is 0 Å². The van der Waals surface area contributed by atoms with Crippen molar-refractivity contribution < 1.29 is 29.1 Å². The van der Waals surface area contributed by atoms with Crippen LogP contribution < -0.4 is 10.6 Å². The van der Waals surface area contributed by atoms with E-state index in [1.54, 1.807) is 25.1 Å². The van der Waals surface area contributed by atoms with Crippen LogP contribution in [0, 0.1) is 5.92 Å². The van der Waals surface area contributed by atoms with E-state index in [4.69, 9.17) is 5.11 Å². The summed E-state index contributed by atoms with van der Waals surface area (Å²) in [6.07, 6.45) is 1.66. The smallest absolute Gasteiger partial charge is 0.305 e. The molecular weight excluding hydrogens is 414 g/mol. The van der Waals surface area contributed by atoms with E-state index in [0.29, 0.717) is 37.2 Å². The van der Waals surface area contributed by atoms with Crippen molar-refractivity contribution in [3.8, 4) is 0 Å². The number of amides is 3. The second-order valence-electron chi connectivity index (χ2n) is 8.53. The van der Waals surface area contributed by atoms with Gasteiger partial charge < -0.3 is 25.4 Å². The topological polar surface area (TPSA) is 133 Å². The first kappa shape index (κ1) is 25.0. The number of likely N-dealkylation sites (tertiary alicyclic amines) is 1. The molecule has 1 unspecified atom stereocenters. The first-order valence-electron chi connectivity index (χ1n) is 10.8. The van der Waals surface area contributed by atoms with E-state index in [2.05, 4.69) is 24.5 Å². The molecule has 1 saturated heterocycles. The fourth-order valence-corrected chi connectivity index (χ4v) is 3.80. The van der Waals surface area contributed by atoms with Crippen LogP contribution in [-0.4, -0.2) is 64.7 Å². The molecule has 3 atom stereocenters. The summed E-state index contributed by atoms with van der Waals surface area (Å²) in [7, 11) is 0. The molecule has 0 radical (unpaired) electrons. The highest BCUT2D eigenvalue weighted by Gasteiger charge is 2.37. The summed E-state index contributed by atoms with van der Waals surface area (Å²) in [6, 6.07) is 4.42. The van der Waals surface area contributed by atoms with E-state index < -0.39 is 42.3 Å². The van der Waals surface area contributed by atoms with Crippen LogP contribution in [0.5, 0.6) is 0 Å². The van der Waals surface area contributed by atoms with Crippen LogP contribution in [0.1, 0.15) is 56.0 Å². The number of nitrogens with zero attached hydrogens (tertiary/aromatic N) is 1. The van der Waals surface area contributed by atoms with E-state index in [1.165, 1.54) is 4.90 Å². The van der Waals surface area contributed by atoms with Gasteiger partial charge in [0.25, 0.3) is 5.91 Å². The van der Waals surface area contributed by atoms with Gasteiger partial charge in [-0.2, -0.15) is 0 Å². The summed E-state index contributed by atoms with van der Waals surface area (Å²) < 4.78 is 0. The van der Waals surface area contributed by atoms with Crippen LogP contribution in [0.4, 0.5) is 0 Å². The van der Waals surface area contributed by atoms with Crippen LogP contribution >= 0.6 is 0 Å². The lowest BCUT2D eigenvalue weighted by Crippen LogP contribution is -2.54. The number of carboxylic acid groups (broad SMARTS) is 1. The summed E-state index contributed by atoms with van der Waals surface area (Å²) in [5.74, 6) is -2.12. The number of carbonyl (C=O) groups is 5. The molecule has 1 fully saturated rings. The zero-order valence-electron chi connectivity index (χ0n) is 18.7. The summed E-state index contributed by atoms with van der Waals surface area (Å²) in [6.45, 7) is 6.08. The lowest BCUT2D eigenvalue weighted by Gasteiger charge is -2.27. The third-order valence-electron chi connectivity index (χ3n) is 5.28. The number of carbonyl (C=O) groups excluding carboxylic acids is 4. The first-order chi connectivity index (χ1) is 15.1. The van der Waals surface area contributed by atoms with E-state index in [-0.39, 0.29) is 5.91 Å². The van der Waals surface area contributed by atoms with Gasteiger partial charge in [0, 0.05) is 12.1 Å². The number of hydrogen-bond acceptors (Lipinski definition) is 5. The monoisotopic (exact) mass is 445 g/mol. The Bertz CT molecular complexity index is 869. The van der Waals surface area contributed by atoms with E-state index in [9.17, 15) is 24.0 Å². The largest absolute Gasteiger partial charge is 0.481 e. The lowest BCUT2D eigenvalue weighted by atomic mass is 10.0. The molecule has 0 bridgehead atoms. The third-order valence-corrected chi connectivity index (χ3v) is 5.28. The Kier molecular flexibility index (Phi) is 8.92. The number of carboxylic acids is 1. The van der Waals surface area contributed by atoms with Crippen molar-refractivity contribution in [2.75, 3.05) is 6.54 Å². The molecule has 174 valence electrons. The average Bonchev–Trinajstić information content (AvgIpc) is 3.21. The van der Waals surface area contributed by atoms with Crippen molar-refractivity contribution in [3.05, 3.63) is 35.4 Å². The van der Waals surface area contributed by atoms with Gasteiger partial charge in [0.05, 0.1) is 12.5 Å². The summed E-state index contributed by atoms with van der Waals surface area (Å²) in [4.78, 5) is 61.4. The minimum atomic E-state index is -1.21. The van der Waals surface area contributed by atoms with Gasteiger partial charge in [-0.3, -0.25) is 19.2 Å². The molecule has 1 heterocycles. The molecule has 32 heavy (non-hydrogen) atoms. The number of aliphatic carboxylic acids is 1. The molecule has 9 heteroatoms. The lowest BCUT2D eigenvalue weighted by molar-refractivity contribution is -0.141. The molecule has 1 aliphatic rings. The Morgan fingerprint density at radius 2 is 1.91 bits per heavy atom. The second-order valence-corrected chi connectivity index (χ2v) is 8.53. The number of nitrogens with one attached hydrogen (secondary N) is 2. The Hall–Kier alpha value is -3.23. The SMILES string of the molecule is CC(C)Cc1cccc(C(=O)N[C@@H](C)C(=O)N2CCC[C@H]2C(=O)NC(C=O)CC(=O)O)c1. The van der Waals surface area contributed by atoms with Crippen molar-refractivity contribution in [1.29, 1.82) is 0 Å². The van der Waals surface area contributed by atoms with Crippen molar-refractivity contribution in [2.24, 2.45) is 5.92 Å². The zero-order valence-corrected chi connectivity index (χ0v) is 18.7. The Labute approximate surface area is 187 Å². The number of rotatable bonds is 10. The Balaban J connectivity index is 2.01.